The van der Waals surface area contributed by atoms with Gasteiger partial charge in [-0.25, -0.2) is 14.4 Å². The Morgan fingerprint density at radius 1 is 0.936 bits per heavy atom. The Kier molecular flexibility index (Phi) is 9.69. The molecule has 2 aromatic carbocycles. The number of imidazole rings is 1. The monoisotopic (exact) mass is 768 g/mol. The molecule has 6 rings (SSSR count). The molecular weight excluding hydrogens is 736 g/mol. The Bertz CT molecular complexity index is 1840. The predicted molar refractivity (Wildman–Crippen MR) is 182 cm³/mol. The van der Waals surface area contributed by atoms with E-state index in [1.165, 1.54) is 17.7 Å². The number of H-pyrrole nitrogens is 1. The van der Waals surface area contributed by atoms with E-state index >= 15 is 0 Å². The number of phenols is 1. The molecule has 4 aromatic rings. The summed E-state index contributed by atoms with van der Waals surface area (Å²) in [5, 5.41) is 22.5. The van der Waals surface area contributed by atoms with Crippen molar-refractivity contribution in [1.29, 1.82) is 0 Å². The van der Waals surface area contributed by atoms with Gasteiger partial charge in [0, 0.05) is 51.0 Å². The molecule has 0 aliphatic carbocycles. The quantitative estimate of drug-likeness (QED) is 0.205. The molecule has 12 nitrogen and oxygen atoms in total. The summed E-state index contributed by atoms with van der Waals surface area (Å²) < 4.78 is 2.59. The Morgan fingerprint density at radius 3 is 2.21 bits per heavy atom. The van der Waals surface area contributed by atoms with Crippen LogP contribution in [0, 0.1) is 0 Å². The number of carboxylic acids is 1. The van der Waals surface area contributed by atoms with E-state index in [0.717, 1.165) is 18.4 Å². The van der Waals surface area contributed by atoms with Crippen molar-refractivity contribution in [2.75, 3.05) is 26.2 Å². The van der Waals surface area contributed by atoms with Crippen LogP contribution in [-0.4, -0.2) is 84.7 Å². The highest BCUT2D eigenvalue weighted by Crippen LogP contribution is 2.34. The fourth-order valence-corrected chi connectivity index (χ4v) is 7.94. The number of halogens is 2. The minimum Gasteiger partial charge on any atom is -0.506 e. The maximum absolute atomic E-state index is 14.0. The van der Waals surface area contributed by atoms with Crippen LogP contribution in [0.25, 0.3) is 11.0 Å². The first-order valence-electron chi connectivity index (χ1n) is 15.5. The van der Waals surface area contributed by atoms with Gasteiger partial charge >= 0.3 is 17.7 Å². The minimum atomic E-state index is -1.07. The number of pyridine rings is 1. The van der Waals surface area contributed by atoms with E-state index in [1.807, 2.05) is 17.0 Å². The number of carboxylic acid groups (broad SMARTS) is 1. The van der Waals surface area contributed by atoms with Gasteiger partial charge in [-0.15, -0.1) is 0 Å². The molecule has 2 aliphatic heterocycles. The van der Waals surface area contributed by atoms with E-state index in [2.05, 4.69) is 47.1 Å². The van der Waals surface area contributed by atoms with Crippen LogP contribution in [0.4, 0.5) is 4.79 Å². The molecule has 4 N–H and O–H groups in total. The van der Waals surface area contributed by atoms with Gasteiger partial charge in [0.2, 0.25) is 5.91 Å². The number of hydrogen-bond donors (Lipinski definition) is 4. The predicted octanol–water partition coefficient (Wildman–Crippen LogP) is 5.02. The lowest BCUT2D eigenvalue weighted by atomic mass is 9.89. The first-order valence-corrected chi connectivity index (χ1v) is 17.1. The van der Waals surface area contributed by atoms with Gasteiger partial charge in [-0.2, -0.15) is 0 Å². The van der Waals surface area contributed by atoms with Crippen molar-refractivity contribution in [3.05, 3.63) is 91.0 Å². The molecule has 14 heteroatoms. The number of aromatic nitrogens is 3. The SMILES string of the molecule is O=C(O)c1ccc2c(c1)[nH]c(=O)n2C1CCN(C(=O)N[C@H](Cc2cc(Br)c(O)c(Br)c2)C(=O)N2CCC(c3ccncc3)CC2)CC1. The highest BCUT2D eigenvalue weighted by molar-refractivity contribution is 9.11. The number of fused-ring (bicyclic) bond motifs is 1. The van der Waals surface area contributed by atoms with Crippen molar-refractivity contribution in [1.82, 2.24) is 29.7 Å². The number of aromatic amines is 1. The van der Waals surface area contributed by atoms with Crippen molar-refractivity contribution < 1.29 is 24.6 Å². The van der Waals surface area contributed by atoms with Gasteiger partial charge in [0.1, 0.15) is 11.8 Å². The molecule has 3 amide bonds. The summed E-state index contributed by atoms with van der Waals surface area (Å²) in [6.45, 7) is 1.88. The molecule has 0 spiro atoms. The number of nitrogens with one attached hydrogen (secondary N) is 2. The zero-order chi connectivity index (χ0) is 33.2. The lowest BCUT2D eigenvalue weighted by Crippen LogP contribution is -2.55. The van der Waals surface area contributed by atoms with Crippen LogP contribution in [-0.2, 0) is 11.2 Å². The molecule has 4 heterocycles. The number of carbonyl (C=O) groups excluding carboxylic acids is 2. The van der Waals surface area contributed by atoms with Crippen LogP contribution >= 0.6 is 31.9 Å². The number of carbonyl (C=O) groups is 3. The van der Waals surface area contributed by atoms with Gasteiger partial charge in [0.25, 0.3) is 0 Å². The topological polar surface area (TPSA) is 161 Å². The maximum Gasteiger partial charge on any atom is 0.335 e. The summed E-state index contributed by atoms with van der Waals surface area (Å²) in [7, 11) is 0. The molecule has 1 atom stereocenters. The number of piperidine rings is 2. The summed E-state index contributed by atoms with van der Waals surface area (Å²) in [5.41, 5.74) is 2.80. The summed E-state index contributed by atoms with van der Waals surface area (Å²) in [4.78, 5) is 62.2. The third kappa shape index (κ3) is 7.08. The molecular formula is C33H34Br2N6O6. The zero-order valence-electron chi connectivity index (χ0n) is 25.4. The Hall–Kier alpha value is -4.17. The Balaban J connectivity index is 1.14. The number of urea groups is 1. The number of hydrogen-bond acceptors (Lipinski definition) is 6. The number of rotatable bonds is 7. The summed E-state index contributed by atoms with van der Waals surface area (Å²) >= 11 is 6.73. The molecule has 2 fully saturated rings. The molecule has 2 saturated heterocycles. The Morgan fingerprint density at radius 2 is 1.57 bits per heavy atom. The first kappa shape index (κ1) is 32.8. The third-order valence-corrected chi connectivity index (χ3v) is 10.4. The first-order chi connectivity index (χ1) is 22.6. The van der Waals surface area contributed by atoms with Crippen molar-refractivity contribution in [3.8, 4) is 5.75 Å². The van der Waals surface area contributed by atoms with Crippen LogP contribution in [0.5, 0.6) is 5.75 Å². The Labute approximate surface area is 287 Å². The smallest absolute Gasteiger partial charge is 0.335 e. The molecule has 0 saturated carbocycles. The fraction of sp³-hybridized carbons (Fsp3) is 0.364. The van der Waals surface area contributed by atoms with Crippen molar-refractivity contribution >= 4 is 60.8 Å². The molecule has 0 unspecified atom stereocenters. The van der Waals surface area contributed by atoms with Gasteiger partial charge in [-0.3, -0.25) is 14.3 Å². The second-order valence-corrected chi connectivity index (χ2v) is 13.8. The van der Waals surface area contributed by atoms with Gasteiger partial charge in [-0.05, 0) is 117 Å². The van der Waals surface area contributed by atoms with Crippen molar-refractivity contribution in [3.63, 3.8) is 0 Å². The van der Waals surface area contributed by atoms with E-state index in [4.69, 9.17) is 0 Å². The number of phenolic OH excluding ortho intramolecular Hbond substituents is 1. The molecule has 2 aliphatic rings. The van der Waals surface area contributed by atoms with E-state index < -0.39 is 12.0 Å². The molecule has 0 bridgehead atoms. The largest absolute Gasteiger partial charge is 0.506 e. The number of nitrogens with zero attached hydrogens (tertiary/aromatic N) is 4. The molecule has 246 valence electrons. The molecule has 2 aromatic heterocycles. The maximum atomic E-state index is 14.0. The number of benzene rings is 2. The van der Waals surface area contributed by atoms with E-state index in [1.54, 1.807) is 40.1 Å². The van der Waals surface area contributed by atoms with Gasteiger partial charge in [-0.1, -0.05) is 0 Å². The molecule has 0 radical (unpaired) electrons. The van der Waals surface area contributed by atoms with Crippen molar-refractivity contribution in [2.45, 2.75) is 50.1 Å². The van der Waals surface area contributed by atoms with Gasteiger partial charge in [0.15, 0.2) is 0 Å². The lowest BCUT2D eigenvalue weighted by molar-refractivity contribution is -0.134. The highest BCUT2D eigenvalue weighted by Gasteiger charge is 2.33. The summed E-state index contributed by atoms with van der Waals surface area (Å²) in [6.07, 6.45) is 6.44. The van der Waals surface area contributed by atoms with Crippen LogP contribution in [0.2, 0.25) is 0 Å². The lowest BCUT2D eigenvalue weighted by Gasteiger charge is -2.36. The third-order valence-electron chi connectivity index (χ3n) is 9.18. The molecule has 47 heavy (non-hydrogen) atoms. The van der Waals surface area contributed by atoms with Gasteiger partial charge in [0.05, 0.1) is 25.5 Å². The van der Waals surface area contributed by atoms with Gasteiger partial charge < -0.3 is 30.3 Å². The average molecular weight is 770 g/mol. The van der Waals surface area contributed by atoms with E-state index in [0.29, 0.717) is 64.9 Å². The normalized spacial score (nSPS) is 16.7. The number of aromatic carboxylic acids is 1. The van der Waals surface area contributed by atoms with Crippen LogP contribution in [0.3, 0.4) is 0 Å². The fourth-order valence-electron chi connectivity index (χ4n) is 6.65. The van der Waals surface area contributed by atoms with Crippen LogP contribution in [0.1, 0.15) is 59.1 Å². The summed E-state index contributed by atoms with van der Waals surface area (Å²) in [5.74, 6) is -0.841. The summed E-state index contributed by atoms with van der Waals surface area (Å²) in [6, 6.07) is 10.7. The highest BCUT2D eigenvalue weighted by atomic mass is 79.9. The average Bonchev–Trinajstić information content (AvgIpc) is 3.41. The van der Waals surface area contributed by atoms with Crippen LogP contribution in [0.15, 0.2) is 68.6 Å². The van der Waals surface area contributed by atoms with Crippen LogP contribution < -0.4 is 11.0 Å². The zero-order valence-corrected chi connectivity index (χ0v) is 28.5. The number of amides is 3. The van der Waals surface area contributed by atoms with E-state index in [9.17, 15) is 29.4 Å². The second kappa shape index (κ2) is 13.9. The standard InChI is InChI=1S/C33H34Br2N6O6/c34-24-15-19(16-25(35)29(24)42)17-27(30(43)39-11-5-21(6-12-39)20-3-9-36-10-4-20)38-32(46)40-13-7-23(8-14-40)41-28-2-1-22(31(44)45)18-26(28)37-33(41)47/h1-4,9-10,15-16,18,21,23,27,42H,5-8,11-14,17H2,(H,37,47)(H,38,46)(H,44,45)/t27-/m1/s1. The number of aromatic hydroxyl groups is 1. The minimum absolute atomic E-state index is 0.0540. The van der Waals surface area contributed by atoms with E-state index in [-0.39, 0.29) is 41.4 Å². The second-order valence-electron chi connectivity index (χ2n) is 12.0. The van der Waals surface area contributed by atoms with Crippen molar-refractivity contribution in [2.24, 2.45) is 0 Å². The number of likely N-dealkylation sites (tertiary alicyclic amines) is 2.